The molecule has 1 fully saturated rings. The molecule has 0 spiro atoms. The van der Waals surface area contributed by atoms with Crippen molar-refractivity contribution >= 4 is 6.09 Å². The van der Waals surface area contributed by atoms with Crippen LogP contribution in [-0.4, -0.2) is 35.7 Å². The summed E-state index contributed by atoms with van der Waals surface area (Å²) in [4.78, 5) is 14.2. The largest absolute Gasteiger partial charge is 0.444 e. The smallest absolute Gasteiger partial charge is 0.416 e. The van der Waals surface area contributed by atoms with Crippen LogP contribution >= 0.6 is 0 Å². The van der Waals surface area contributed by atoms with Gasteiger partial charge in [-0.1, -0.05) is 36.4 Å². The number of benzene rings is 2. The summed E-state index contributed by atoms with van der Waals surface area (Å²) in [6, 6.07) is 13.0. The average Bonchev–Trinajstić information content (AvgIpc) is 3.15. The zero-order valence-corrected chi connectivity index (χ0v) is 18.1. The first-order valence-corrected chi connectivity index (χ1v) is 10.5. The van der Waals surface area contributed by atoms with Gasteiger partial charge in [-0.3, -0.25) is 0 Å². The van der Waals surface area contributed by atoms with Gasteiger partial charge >= 0.3 is 12.3 Å². The van der Waals surface area contributed by atoms with E-state index >= 15 is 0 Å². The van der Waals surface area contributed by atoms with Crippen molar-refractivity contribution in [3.05, 3.63) is 59.7 Å². The molecule has 0 bridgehead atoms. The number of nitrogens with zero attached hydrogens (tertiary/aromatic N) is 1. The molecule has 7 heteroatoms. The minimum atomic E-state index is -4.33. The van der Waals surface area contributed by atoms with Crippen LogP contribution in [0.1, 0.15) is 44.7 Å². The molecule has 4 nitrogen and oxygen atoms in total. The molecule has 1 amide bonds. The minimum Gasteiger partial charge on any atom is -0.444 e. The topological polar surface area (TPSA) is 41.6 Å². The number of carbonyl (C=O) groups is 1. The quantitative estimate of drug-likeness (QED) is 0.641. The summed E-state index contributed by atoms with van der Waals surface area (Å²) in [6.07, 6.45) is -2.68. The number of ether oxygens (including phenoxy) is 1. The van der Waals surface area contributed by atoms with E-state index in [0.29, 0.717) is 19.6 Å². The van der Waals surface area contributed by atoms with E-state index < -0.39 is 17.3 Å². The van der Waals surface area contributed by atoms with Gasteiger partial charge in [0, 0.05) is 25.7 Å². The second-order valence-electron chi connectivity index (χ2n) is 8.87. The number of amides is 1. The Kier molecular flexibility index (Phi) is 6.94. The van der Waals surface area contributed by atoms with Gasteiger partial charge in [-0.2, -0.15) is 13.2 Å². The summed E-state index contributed by atoms with van der Waals surface area (Å²) in [7, 11) is 0. The fourth-order valence-corrected chi connectivity index (χ4v) is 3.66. The van der Waals surface area contributed by atoms with Crippen molar-refractivity contribution in [2.75, 3.05) is 13.1 Å². The first-order chi connectivity index (χ1) is 14.5. The molecule has 31 heavy (non-hydrogen) atoms. The minimum absolute atomic E-state index is 0.112. The number of halogens is 3. The van der Waals surface area contributed by atoms with Gasteiger partial charge in [0.05, 0.1) is 5.56 Å². The molecule has 1 heterocycles. The Hall–Kier alpha value is -2.54. The number of carbonyl (C=O) groups excluding carboxylic acids is 1. The number of alkyl halides is 3. The molecule has 1 aliphatic rings. The van der Waals surface area contributed by atoms with E-state index in [0.717, 1.165) is 41.7 Å². The van der Waals surface area contributed by atoms with Crippen LogP contribution < -0.4 is 5.32 Å². The zero-order valence-electron chi connectivity index (χ0n) is 18.1. The zero-order chi connectivity index (χ0) is 22.6. The molecule has 1 atom stereocenters. The van der Waals surface area contributed by atoms with E-state index in [2.05, 4.69) is 5.32 Å². The highest BCUT2D eigenvalue weighted by atomic mass is 19.4. The van der Waals surface area contributed by atoms with E-state index in [4.69, 9.17) is 4.74 Å². The Morgan fingerprint density at radius 3 is 2.16 bits per heavy atom. The van der Waals surface area contributed by atoms with E-state index in [1.165, 1.54) is 12.1 Å². The fraction of sp³-hybridized carbons (Fsp3) is 0.458. The van der Waals surface area contributed by atoms with Crippen LogP contribution in [0, 0.1) is 0 Å². The SMILES string of the molecule is CC(C)(C)OC(=O)N1CCCC1CNCc1ccc(-c2ccc(C(F)(F)F)cc2)cc1. The van der Waals surface area contributed by atoms with Gasteiger partial charge in [0.2, 0.25) is 0 Å². The lowest BCUT2D eigenvalue weighted by molar-refractivity contribution is -0.137. The van der Waals surface area contributed by atoms with Gasteiger partial charge in [0.25, 0.3) is 0 Å². The third kappa shape index (κ3) is 6.47. The van der Waals surface area contributed by atoms with Crippen LogP contribution in [0.5, 0.6) is 0 Å². The van der Waals surface area contributed by atoms with Gasteiger partial charge in [-0.15, -0.1) is 0 Å². The van der Waals surface area contributed by atoms with Gasteiger partial charge in [0.15, 0.2) is 0 Å². The number of hydrogen-bond donors (Lipinski definition) is 1. The molecule has 1 saturated heterocycles. The van der Waals surface area contributed by atoms with Gasteiger partial charge in [0.1, 0.15) is 5.60 Å². The fourth-order valence-electron chi connectivity index (χ4n) is 3.66. The number of likely N-dealkylation sites (tertiary alicyclic amines) is 1. The summed E-state index contributed by atoms with van der Waals surface area (Å²) in [5, 5.41) is 3.40. The molecule has 0 aliphatic carbocycles. The maximum atomic E-state index is 12.7. The monoisotopic (exact) mass is 434 g/mol. The van der Waals surface area contributed by atoms with E-state index in [-0.39, 0.29) is 12.1 Å². The number of nitrogens with one attached hydrogen (secondary N) is 1. The second-order valence-corrected chi connectivity index (χ2v) is 8.87. The second kappa shape index (κ2) is 9.30. The molecule has 2 aromatic carbocycles. The molecule has 2 aromatic rings. The summed E-state index contributed by atoms with van der Waals surface area (Å²) < 4.78 is 43.6. The molecule has 168 valence electrons. The average molecular weight is 435 g/mol. The van der Waals surface area contributed by atoms with Crippen LogP contribution in [-0.2, 0) is 17.5 Å². The van der Waals surface area contributed by atoms with Crippen LogP contribution in [0.4, 0.5) is 18.0 Å². The normalized spacial score (nSPS) is 17.1. The predicted octanol–water partition coefficient (Wildman–Crippen LogP) is 5.86. The molecular formula is C24H29F3N2O2. The molecule has 0 aromatic heterocycles. The maximum Gasteiger partial charge on any atom is 0.416 e. The number of rotatable bonds is 5. The molecule has 0 saturated carbocycles. The van der Waals surface area contributed by atoms with Crippen molar-refractivity contribution < 1.29 is 22.7 Å². The lowest BCUT2D eigenvalue weighted by atomic mass is 10.0. The number of hydrogen-bond acceptors (Lipinski definition) is 3. The van der Waals surface area contributed by atoms with Crippen LogP contribution in [0.2, 0.25) is 0 Å². The van der Waals surface area contributed by atoms with Crippen molar-refractivity contribution in [3.8, 4) is 11.1 Å². The van der Waals surface area contributed by atoms with Crippen molar-refractivity contribution in [2.24, 2.45) is 0 Å². The Balaban J connectivity index is 1.52. The highest BCUT2D eigenvalue weighted by Crippen LogP contribution is 2.31. The summed E-state index contributed by atoms with van der Waals surface area (Å²) in [5.41, 5.74) is 1.52. The van der Waals surface area contributed by atoms with Crippen molar-refractivity contribution in [3.63, 3.8) is 0 Å². The highest BCUT2D eigenvalue weighted by molar-refractivity contribution is 5.69. The molecule has 1 aliphatic heterocycles. The Labute approximate surface area is 181 Å². The molecular weight excluding hydrogens is 405 g/mol. The summed E-state index contributed by atoms with van der Waals surface area (Å²) in [5.74, 6) is 0. The third-order valence-corrected chi connectivity index (χ3v) is 5.21. The molecule has 3 rings (SSSR count). The van der Waals surface area contributed by atoms with E-state index in [1.54, 1.807) is 4.90 Å². The van der Waals surface area contributed by atoms with E-state index in [1.807, 2.05) is 45.0 Å². The third-order valence-electron chi connectivity index (χ3n) is 5.21. The first kappa shape index (κ1) is 23.1. The van der Waals surface area contributed by atoms with Gasteiger partial charge in [-0.25, -0.2) is 4.79 Å². The summed E-state index contributed by atoms with van der Waals surface area (Å²) in [6.45, 7) is 7.63. The highest BCUT2D eigenvalue weighted by Gasteiger charge is 2.32. The molecule has 0 radical (unpaired) electrons. The van der Waals surface area contributed by atoms with Crippen molar-refractivity contribution in [1.29, 1.82) is 0 Å². The standard InChI is InChI=1S/C24H29F3N2O2/c1-23(2,3)31-22(30)29-14-4-5-21(29)16-28-15-17-6-8-18(9-7-17)19-10-12-20(13-11-19)24(25,26)27/h6-13,21,28H,4-5,14-16H2,1-3H3. The Morgan fingerprint density at radius 1 is 1.03 bits per heavy atom. The van der Waals surface area contributed by atoms with Crippen LogP contribution in [0.25, 0.3) is 11.1 Å². The Morgan fingerprint density at radius 2 is 1.61 bits per heavy atom. The lowest BCUT2D eigenvalue weighted by Crippen LogP contribution is -2.44. The maximum absolute atomic E-state index is 12.7. The van der Waals surface area contributed by atoms with Crippen molar-refractivity contribution in [1.82, 2.24) is 10.2 Å². The first-order valence-electron chi connectivity index (χ1n) is 10.5. The molecule has 1 unspecified atom stereocenters. The Bertz CT molecular complexity index is 872. The molecule has 1 N–H and O–H groups in total. The van der Waals surface area contributed by atoms with Crippen molar-refractivity contribution in [2.45, 2.75) is 58.0 Å². The lowest BCUT2D eigenvalue weighted by Gasteiger charge is -2.28. The van der Waals surface area contributed by atoms with Crippen LogP contribution in [0.15, 0.2) is 48.5 Å². The van der Waals surface area contributed by atoms with Gasteiger partial charge < -0.3 is 15.0 Å². The van der Waals surface area contributed by atoms with E-state index in [9.17, 15) is 18.0 Å². The predicted molar refractivity (Wildman–Crippen MR) is 115 cm³/mol. The van der Waals surface area contributed by atoms with Crippen LogP contribution in [0.3, 0.4) is 0 Å². The summed E-state index contributed by atoms with van der Waals surface area (Å²) >= 11 is 0. The van der Waals surface area contributed by atoms with Gasteiger partial charge in [-0.05, 0) is 62.4 Å².